The molecule has 7 heteroatoms. The number of nitrogens with zero attached hydrogens (tertiary/aromatic N) is 1. The van der Waals surface area contributed by atoms with Gasteiger partial charge in [-0.05, 0) is 45.2 Å². The van der Waals surface area contributed by atoms with Crippen LogP contribution in [-0.4, -0.2) is 48.8 Å². The summed E-state index contributed by atoms with van der Waals surface area (Å²) >= 11 is 0. The molecule has 0 aromatic heterocycles. The van der Waals surface area contributed by atoms with E-state index in [0.29, 0.717) is 25.9 Å². The second-order valence-corrected chi connectivity index (χ2v) is 5.30. The van der Waals surface area contributed by atoms with Crippen molar-refractivity contribution < 1.29 is 18.0 Å². The van der Waals surface area contributed by atoms with Gasteiger partial charge in [0.05, 0.1) is 0 Å². The predicted molar refractivity (Wildman–Crippen MR) is 64.8 cm³/mol. The molecule has 1 heterocycles. The number of rotatable bonds is 3. The largest absolute Gasteiger partial charge is 0.406 e. The predicted octanol–water partition coefficient (Wildman–Crippen LogP) is 1.86. The first-order valence-electron chi connectivity index (χ1n) is 6.80. The molecule has 1 aliphatic carbocycles. The van der Waals surface area contributed by atoms with Crippen LogP contribution in [0.5, 0.6) is 0 Å². The van der Waals surface area contributed by atoms with E-state index in [-0.39, 0.29) is 12.1 Å². The molecule has 0 aromatic carbocycles. The van der Waals surface area contributed by atoms with E-state index < -0.39 is 18.8 Å². The molecule has 1 saturated heterocycles. The summed E-state index contributed by atoms with van der Waals surface area (Å²) in [6.45, 7) is 0.168. The van der Waals surface area contributed by atoms with Gasteiger partial charge in [0, 0.05) is 12.1 Å². The van der Waals surface area contributed by atoms with Gasteiger partial charge < -0.3 is 15.5 Å². The Morgan fingerprint density at radius 2 is 1.84 bits per heavy atom. The number of alkyl halides is 3. The molecule has 0 spiro atoms. The minimum atomic E-state index is -4.35. The summed E-state index contributed by atoms with van der Waals surface area (Å²) < 4.78 is 37.9. The van der Waals surface area contributed by atoms with Gasteiger partial charge in [-0.3, -0.25) is 0 Å². The second-order valence-electron chi connectivity index (χ2n) is 5.30. The first kappa shape index (κ1) is 14.4. The highest BCUT2D eigenvalue weighted by atomic mass is 19.4. The molecular weight excluding hydrogens is 259 g/mol. The summed E-state index contributed by atoms with van der Waals surface area (Å²) in [7, 11) is 0. The van der Waals surface area contributed by atoms with E-state index in [0.717, 1.165) is 24.2 Å². The normalized spacial score (nSPS) is 21.8. The Morgan fingerprint density at radius 3 is 2.32 bits per heavy atom. The highest BCUT2D eigenvalue weighted by Crippen LogP contribution is 2.23. The van der Waals surface area contributed by atoms with E-state index >= 15 is 0 Å². The second kappa shape index (κ2) is 5.98. The van der Waals surface area contributed by atoms with Gasteiger partial charge >= 0.3 is 12.2 Å². The monoisotopic (exact) mass is 279 g/mol. The van der Waals surface area contributed by atoms with Crippen molar-refractivity contribution in [2.75, 3.05) is 19.6 Å². The van der Waals surface area contributed by atoms with E-state index in [1.807, 2.05) is 0 Å². The van der Waals surface area contributed by atoms with E-state index in [2.05, 4.69) is 10.6 Å². The first-order chi connectivity index (χ1) is 8.96. The molecule has 0 atom stereocenters. The maximum absolute atomic E-state index is 12.6. The zero-order valence-electron chi connectivity index (χ0n) is 10.8. The minimum Gasteiger partial charge on any atom is -0.335 e. The molecule has 2 amide bonds. The molecule has 2 fully saturated rings. The Hall–Kier alpha value is -0.980. The third-order valence-electron chi connectivity index (χ3n) is 3.79. The number of amides is 2. The van der Waals surface area contributed by atoms with Crippen molar-refractivity contribution in [3.05, 3.63) is 0 Å². The van der Waals surface area contributed by atoms with E-state index in [4.69, 9.17) is 0 Å². The third-order valence-corrected chi connectivity index (χ3v) is 3.79. The lowest BCUT2D eigenvalue weighted by molar-refractivity contribution is -0.144. The van der Waals surface area contributed by atoms with Crippen LogP contribution in [0.25, 0.3) is 0 Å². The van der Waals surface area contributed by atoms with E-state index in [1.165, 1.54) is 0 Å². The number of hydrogen-bond donors (Lipinski definition) is 2. The SMILES string of the molecule is O=C(NC1CCC1)N(CC(F)(F)F)C1CCNCC1. The number of carbonyl (C=O) groups is 1. The van der Waals surface area contributed by atoms with Crippen LogP contribution in [0.1, 0.15) is 32.1 Å². The van der Waals surface area contributed by atoms with Crippen LogP contribution in [0.15, 0.2) is 0 Å². The molecule has 2 rings (SSSR count). The van der Waals surface area contributed by atoms with Crippen molar-refractivity contribution in [1.82, 2.24) is 15.5 Å². The zero-order chi connectivity index (χ0) is 13.9. The number of halogens is 3. The van der Waals surface area contributed by atoms with Gasteiger partial charge in [-0.25, -0.2) is 4.79 Å². The summed E-state index contributed by atoms with van der Waals surface area (Å²) in [4.78, 5) is 13.0. The Kier molecular flexibility index (Phi) is 4.54. The molecule has 0 unspecified atom stereocenters. The van der Waals surface area contributed by atoms with Crippen molar-refractivity contribution in [3.8, 4) is 0 Å². The molecule has 2 N–H and O–H groups in total. The third kappa shape index (κ3) is 4.26. The lowest BCUT2D eigenvalue weighted by Gasteiger charge is -2.37. The summed E-state index contributed by atoms with van der Waals surface area (Å²) in [5.74, 6) is 0. The van der Waals surface area contributed by atoms with Gasteiger partial charge in [0.2, 0.25) is 0 Å². The average molecular weight is 279 g/mol. The number of urea groups is 1. The van der Waals surface area contributed by atoms with Crippen LogP contribution in [0, 0.1) is 0 Å². The summed E-state index contributed by atoms with van der Waals surface area (Å²) in [6, 6.07) is -0.818. The van der Waals surface area contributed by atoms with Gasteiger partial charge in [-0.2, -0.15) is 13.2 Å². The van der Waals surface area contributed by atoms with Crippen molar-refractivity contribution >= 4 is 6.03 Å². The summed E-state index contributed by atoms with van der Waals surface area (Å²) in [5.41, 5.74) is 0. The fourth-order valence-corrected chi connectivity index (χ4v) is 2.49. The molecule has 1 saturated carbocycles. The lowest BCUT2D eigenvalue weighted by Crippen LogP contribution is -2.55. The molecule has 0 radical (unpaired) electrons. The smallest absolute Gasteiger partial charge is 0.335 e. The van der Waals surface area contributed by atoms with Crippen LogP contribution >= 0.6 is 0 Å². The Bertz CT molecular complexity index is 312. The molecule has 1 aliphatic heterocycles. The van der Waals surface area contributed by atoms with Gasteiger partial charge in [-0.15, -0.1) is 0 Å². The number of nitrogens with one attached hydrogen (secondary N) is 2. The van der Waals surface area contributed by atoms with Crippen molar-refractivity contribution in [2.45, 2.75) is 50.4 Å². The number of carbonyl (C=O) groups excluding carboxylic acids is 1. The molecule has 19 heavy (non-hydrogen) atoms. The molecule has 2 aliphatic rings. The first-order valence-corrected chi connectivity index (χ1v) is 6.80. The van der Waals surface area contributed by atoms with Crippen LogP contribution in [0.2, 0.25) is 0 Å². The maximum atomic E-state index is 12.6. The Labute approximate surface area is 110 Å². The number of piperidine rings is 1. The van der Waals surface area contributed by atoms with Crippen molar-refractivity contribution in [3.63, 3.8) is 0 Å². The Morgan fingerprint density at radius 1 is 1.21 bits per heavy atom. The van der Waals surface area contributed by atoms with Gasteiger partial charge in [0.1, 0.15) is 6.54 Å². The molecular formula is C12H20F3N3O. The summed E-state index contributed by atoms with van der Waals surface area (Å²) in [6.07, 6.45) is -0.405. The fraction of sp³-hybridized carbons (Fsp3) is 0.917. The zero-order valence-corrected chi connectivity index (χ0v) is 10.8. The average Bonchev–Trinajstić information content (AvgIpc) is 2.30. The van der Waals surface area contributed by atoms with Crippen LogP contribution in [0.4, 0.5) is 18.0 Å². The van der Waals surface area contributed by atoms with Gasteiger partial charge in [0.15, 0.2) is 0 Å². The molecule has 110 valence electrons. The number of hydrogen-bond acceptors (Lipinski definition) is 2. The molecule has 0 bridgehead atoms. The highest BCUT2D eigenvalue weighted by molar-refractivity contribution is 5.75. The summed E-state index contributed by atoms with van der Waals surface area (Å²) in [5, 5.41) is 5.80. The fourth-order valence-electron chi connectivity index (χ4n) is 2.49. The van der Waals surface area contributed by atoms with E-state index in [1.54, 1.807) is 0 Å². The lowest BCUT2D eigenvalue weighted by atomic mass is 9.93. The topological polar surface area (TPSA) is 44.4 Å². The van der Waals surface area contributed by atoms with Crippen LogP contribution in [0.3, 0.4) is 0 Å². The molecule has 0 aromatic rings. The minimum absolute atomic E-state index is 0.0601. The standard InChI is InChI=1S/C12H20F3N3O/c13-12(14,15)8-18(10-4-6-16-7-5-10)11(19)17-9-2-1-3-9/h9-10,16H,1-8H2,(H,17,19). The van der Waals surface area contributed by atoms with Crippen molar-refractivity contribution in [2.24, 2.45) is 0 Å². The quantitative estimate of drug-likeness (QED) is 0.828. The molecule has 4 nitrogen and oxygen atoms in total. The Balaban J connectivity index is 1.96. The van der Waals surface area contributed by atoms with E-state index in [9.17, 15) is 18.0 Å². The highest BCUT2D eigenvalue weighted by Gasteiger charge is 2.37. The van der Waals surface area contributed by atoms with Crippen LogP contribution < -0.4 is 10.6 Å². The maximum Gasteiger partial charge on any atom is 0.406 e. The van der Waals surface area contributed by atoms with Crippen molar-refractivity contribution in [1.29, 1.82) is 0 Å². The van der Waals surface area contributed by atoms with Crippen LogP contribution in [-0.2, 0) is 0 Å². The van der Waals surface area contributed by atoms with Gasteiger partial charge in [0.25, 0.3) is 0 Å². The van der Waals surface area contributed by atoms with Gasteiger partial charge in [-0.1, -0.05) is 0 Å².